The first kappa shape index (κ1) is 15.2. The quantitative estimate of drug-likeness (QED) is 0.879. The van der Waals surface area contributed by atoms with Crippen molar-refractivity contribution >= 4 is 5.91 Å². The number of nitrogens with two attached hydrogens (primary N) is 1. The molecule has 3 N–H and O–H groups in total. The van der Waals surface area contributed by atoms with Crippen LogP contribution in [0.3, 0.4) is 0 Å². The van der Waals surface area contributed by atoms with E-state index < -0.39 is 11.7 Å². The lowest BCUT2D eigenvalue weighted by Crippen LogP contribution is -2.41. The van der Waals surface area contributed by atoms with Crippen molar-refractivity contribution in [3.63, 3.8) is 0 Å². The zero-order valence-electron chi connectivity index (χ0n) is 11.6. The van der Waals surface area contributed by atoms with Crippen LogP contribution in [0.2, 0.25) is 0 Å². The molecule has 2 saturated heterocycles. The van der Waals surface area contributed by atoms with Gasteiger partial charge in [-0.2, -0.15) is 13.2 Å². The van der Waals surface area contributed by atoms with Crippen LogP contribution in [0.1, 0.15) is 24.1 Å². The van der Waals surface area contributed by atoms with E-state index >= 15 is 0 Å². The standard InChI is InChI=1S/C14H16F3N3O2/c15-14(16,17)7-1-2-8(19-5-7)6-20-13(21)9-3-12-10(18)4-11(9)22-12/h1-2,5,9-12H,3-4,6,18H2,(H,20,21)/t9-,10-,11+,12+/m0/s1. The molecule has 2 bridgehead atoms. The van der Waals surface area contributed by atoms with E-state index in [4.69, 9.17) is 10.5 Å². The Balaban J connectivity index is 1.54. The Morgan fingerprint density at radius 1 is 1.36 bits per heavy atom. The molecule has 0 aromatic carbocycles. The fourth-order valence-electron chi connectivity index (χ4n) is 2.97. The highest BCUT2D eigenvalue weighted by Crippen LogP contribution is 2.38. The second-order valence-electron chi connectivity index (χ2n) is 5.71. The van der Waals surface area contributed by atoms with Gasteiger partial charge >= 0.3 is 6.18 Å². The molecule has 3 heterocycles. The maximum absolute atomic E-state index is 12.4. The van der Waals surface area contributed by atoms with Crippen molar-refractivity contribution in [1.29, 1.82) is 0 Å². The van der Waals surface area contributed by atoms with Crippen molar-refractivity contribution in [3.8, 4) is 0 Å². The van der Waals surface area contributed by atoms with Gasteiger partial charge in [-0.15, -0.1) is 0 Å². The maximum Gasteiger partial charge on any atom is 0.417 e. The van der Waals surface area contributed by atoms with Gasteiger partial charge in [0.2, 0.25) is 5.91 Å². The van der Waals surface area contributed by atoms with E-state index in [1.807, 2.05) is 0 Å². The molecule has 1 aromatic heterocycles. The monoisotopic (exact) mass is 315 g/mol. The summed E-state index contributed by atoms with van der Waals surface area (Å²) in [7, 11) is 0. The fourth-order valence-corrected chi connectivity index (χ4v) is 2.97. The van der Waals surface area contributed by atoms with Crippen molar-refractivity contribution in [2.24, 2.45) is 11.7 Å². The smallest absolute Gasteiger partial charge is 0.372 e. The van der Waals surface area contributed by atoms with E-state index in [1.54, 1.807) is 0 Å². The molecule has 0 saturated carbocycles. The second kappa shape index (κ2) is 5.51. The molecule has 0 unspecified atom stereocenters. The Kier molecular flexibility index (Phi) is 3.82. The number of rotatable bonds is 3. The van der Waals surface area contributed by atoms with Gasteiger partial charge in [0.15, 0.2) is 0 Å². The van der Waals surface area contributed by atoms with Crippen LogP contribution >= 0.6 is 0 Å². The molecule has 22 heavy (non-hydrogen) atoms. The Labute approximate surface area is 125 Å². The van der Waals surface area contributed by atoms with Crippen LogP contribution in [0.25, 0.3) is 0 Å². The highest BCUT2D eigenvalue weighted by molar-refractivity contribution is 5.79. The molecule has 3 rings (SSSR count). The third-order valence-electron chi connectivity index (χ3n) is 4.20. The number of pyridine rings is 1. The summed E-state index contributed by atoms with van der Waals surface area (Å²) in [5, 5.41) is 2.70. The van der Waals surface area contributed by atoms with Gasteiger partial charge in [0, 0.05) is 12.2 Å². The molecule has 1 amide bonds. The number of halogens is 3. The molecule has 0 spiro atoms. The normalized spacial score (nSPS) is 30.5. The molecule has 5 nitrogen and oxygen atoms in total. The molecule has 8 heteroatoms. The lowest BCUT2D eigenvalue weighted by atomic mass is 9.86. The van der Waals surface area contributed by atoms with E-state index in [0.717, 1.165) is 12.3 Å². The highest BCUT2D eigenvalue weighted by Gasteiger charge is 2.48. The Morgan fingerprint density at radius 3 is 2.64 bits per heavy atom. The molecule has 0 radical (unpaired) electrons. The number of hydrogen-bond donors (Lipinski definition) is 2. The Morgan fingerprint density at radius 2 is 2.14 bits per heavy atom. The number of alkyl halides is 3. The van der Waals surface area contributed by atoms with Gasteiger partial charge < -0.3 is 15.8 Å². The number of fused-ring (bicyclic) bond motifs is 2. The first-order valence-corrected chi connectivity index (χ1v) is 7.05. The van der Waals surface area contributed by atoms with Crippen molar-refractivity contribution in [2.75, 3.05) is 0 Å². The van der Waals surface area contributed by atoms with Crippen LogP contribution in [0.5, 0.6) is 0 Å². The van der Waals surface area contributed by atoms with E-state index in [0.29, 0.717) is 18.5 Å². The van der Waals surface area contributed by atoms with Crippen LogP contribution in [-0.4, -0.2) is 29.1 Å². The SMILES string of the molecule is N[C@H]1C[C@H]2O[C@@H]1C[C@@H]2C(=O)NCc1ccc(C(F)(F)F)cn1. The zero-order chi connectivity index (χ0) is 15.9. The van der Waals surface area contributed by atoms with Crippen LogP contribution in [-0.2, 0) is 22.3 Å². The van der Waals surface area contributed by atoms with E-state index in [-0.39, 0.29) is 36.6 Å². The minimum Gasteiger partial charge on any atom is -0.372 e. The van der Waals surface area contributed by atoms with E-state index in [1.165, 1.54) is 6.07 Å². The van der Waals surface area contributed by atoms with Gasteiger partial charge in [-0.05, 0) is 25.0 Å². The summed E-state index contributed by atoms with van der Waals surface area (Å²) in [5.74, 6) is -0.402. The van der Waals surface area contributed by atoms with E-state index in [9.17, 15) is 18.0 Å². The average molecular weight is 315 g/mol. The predicted octanol–water partition coefficient (Wildman–Crippen LogP) is 1.22. The van der Waals surface area contributed by atoms with Crippen molar-refractivity contribution in [3.05, 3.63) is 29.6 Å². The summed E-state index contributed by atoms with van der Waals surface area (Å²) in [4.78, 5) is 15.8. The summed E-state index contributed by atoms with van der Waals surface area (Å²) < 4.78 is 42.9. The van der Waals surface area contributed by atoms with Crippen molar-refractivity contribution in [1.82, 2.24) is 10.3 Å². The molecular formula is C14H16F3N3O2. The topological polar surface area (TPSA) is 77.2 Å². The molecule has 4 atom stereocenters. The van der Waals surface area contributed by atoms with Crippen LogP contribution in [0.15, 0.2) is 18.3 Å². The first-order chi connectivity index (χ1) is 10.3. The van der Waals surface area contributed by atoms with Gasteiger partial charge in [0.25, 0.3) is 0 Å². The summed E-state index contributed by atoms with van der Waals surface area (Å²) in [6, 6.07) is 2.20. The first-order valence-electron chi connectivity index (χ1n) is 7.05. The zero-order valence-corrected chi connectivity index (χ0v) is 11.6. The number of aromatic nitrogens is 1. The van der Waals surface area contributed by atoms with Gasteiger partial charge in [-0.3, -0.25) is 9.78 Å². The minimum atomic E-state index is -4.41. The number of amides is 1. The lowest BCUT2D eigenvalue weighted by molar-refractivity contribution is -0.137. The number of nitrogens with one attached hydrogen (secondary N) is 1. The average Bonchev–Trinajstić information content (AvgIpc) is 3.03. The van der Waals surface area contributed by atoms with Gasteiger partial charge in [0.1, 0.15) is 0 Å². The predicted molar refractivity (Wildman–Crippen MR) is 70.4 cm³/mol. The largest absolute Gasteiger partial charge is 0.417 e. The van der Waals surface area contributed by atoms with Crippen molar-refractivity contribution < 1.29 is 22.7 Å². The Bertz CT molecular complexity index is 559. The molecule has 0 aliphatic carbocycles. The summed E-state index contributed by atoms with van der Waals surface area (Å²) in [5.41, 5.74) is 5.41. The van der Waals surface area contributed by atoms with E-state index in [2.05, 4.69) is 10.3 Å². The second-order valence-corrected chi connectivity index (χ2v) is 5.71. The highest BCUT2D eigenvalue weighted by atomic mass is 19.4. The molecular weight excluding hydrogens is 299 g/mol. The Hall–Kier alpha value is -1.67. The maximum atomic E-state index is 12.4. The van der Waals surface area contributed by atoms with Crippen LogP contribution < -0.4 is 11.1 Å². The molecule has 1 aromatic rings. The summed E-state index contributed by atoms with van der Waals surface area (Å²) in [6.07, 6.45) is -2.60. The number of nitrogens with zero attached hydrogens (tertiary/aromatic N) is 1. The summed E-state index contributed by atoms with van der Waals surface area (Å²) in [6.45, 7) is 0.0942. The van der Waals surface area contributed by atoms with Crippen LogP contribution in [0.4, 0.5) is 13.2 Å². The number of carbonyl (C=O) groups is 1. The van der Waals surface area contributed by atoms with Gasteiger partial charge in [-0.1, -0.05) is 0 Å². The van der Waals surface area contributed by atoms with Crippen LogP contribution in [0, 0.1) is 5.92 Å². The summed E-state index contributed by atoms with van der Waals surface area (Å²) >= 11 is 0. The molecule has 2 aliphatic heterocycles. The number of ether oxygens (including phenoxy) is 1. The van der Waals surface area contributed by atoms with Gasteiger partial charge in [-0.25, -0.2) is 0 Å². The molecule has 2 aliphatic rings. The van der Waals surface area contributed by atoms with Crippen molar-refractivity contribution in [2.45, 2.75) is 43.8 Å². The molecule has 120 valence electrons. The number of hydrogen-bond acceptors (Lipinski definition) is 4. The lowest BCUT2D eigenvalue weighted by Gasteiger charge is -2.21. The molecule has 2 fully saturated rings. The third-order valence-corrected chi connectivity index (χ3v) is 4.20. The third kappa shape index (κ3) is 2.93. The van der Waals surface area contributed by atoms with Gasteiger partial charge in [0.05, 0.1) is 35.9 Å². The number of carbonyl (C=O) groups excluding carboxylic acids is 1. The minimum absolute atomic E-state index is 0.00868. The fraction of sp³-hybridized carbons (Fsp3) is 0.571.